The molecule has 1 aliphatic heterocycles. The van der Waals surface area contributed by atoms with Gasteiger partial charge in [-0.1, -0.05) is 18.2 Å². The summed E-state index contributed by atoms with van der Waals surface area (Å²) in [6.07, 6.45) is 0.344. The fourth-order valence-electron chi connectivity index (χ4n) is 1.71. The fraction of sp³-hybridized carbons (Fsp3) is 0.500. The normalized spacial score (nSPS) is 20.3. The van der Waals surface area contributed by atoms with E-state index in [0.717, 1.165) is 5.56 Å². The fourth-order valence-corrected chi connectivity index (χ4v) is 1.71. The van der Waals surface area contributed by atoms with Gasteiger partial charge in [0, 0.05) is 12.2 Å². The lowest BCUT2D eigenvalue weighted by molar-refractivity contribution is 0.0777. The van der Waals surface area contributed by atoms with Crippen molar-refractivity contribution >= 4 is 5.90 Å². The third-order valence-corrected chi connectivity index (χ3v) is 2.72. The molecule has 2 rings (SSSR count). The number of aliphatic imine (C=N–C) groups is 1. The van der Waals surface area contributed by atoms with Crippen molar-refractivity contribution in [1.82, 2.24) is 0 Å². The van der Waals surface area contributed by atoms with Crippen LogP contribution in [0.1, 0.15) is 18.9 Å². The first-order valence-corrected chi connectivity index (χ1v) is 6.27. The third-order valence-electron chi connectivity index (χ3n) is 2.72. The number of hydrogen-bond donors (Lipinski definition) is 1. The Kier molecular flexibility index (Phi) is 4.73. The van der Waals surface area contributed by atoms with Crippen LogP contribution in [0.25, 0.3) is 0 Å². The smallest absolute Gasteiger partial charge is 0.216 e. The van der Waals surface area contributed by atoms with E-state index in [2.05, 4.69) is 4.99 Å². The molecule has 1 aliphatic rings. The Labute approximate surface area is 107 Å². The molecule has 0 spiro atoms. The lowest BCUT2D eigenvalue weighted by Crippen LogP contribution is -2.16. The zero-order chi connectivity index (χ0) is 12.8. The van der Waals surface area contributed by atoms with Crippen LogP contribution in [0.15, 0.2) is 35.3 Å². The Hall–Kier alpha value is -1.39. The SMILES string of the molecule is C[C@@H](O)CCOC[C@@H]1COC(c2ccccc2)=N1. The second-order valence-electron chi connectivity index (χ2n) is 4.48. The molecule has 2 atom stereocenters. The van der Waals surface area contributed by atoms with Gasteiger partial charge >= 0.3 is 0 Å². The molecule has 0 saturated heterocycles. The topological polar surface area (TPSA) is 51.0 Å². The molecule has 0 aromatic heterocycles. The van der Waals surface area contributed by atoms with Crippen molar-refractivity contribution in [2.45, 2.75) is 25.5 Å². The van der Waals surface area contributed by atoms with Gasteiger partial charge in [-0.2, -0.15) is 0 Å². The summed E-state index contributed by atoms with van der Waals surface area (Å²) in [4.78, 5) is 4.48. The van der Waals surface area contributed by atoms with Crippen molar-refractivity contribution in [3.8, 4) is 0 Å². The van der Waals surface area contributed by atoms with Crippen LogP contribution in [0.3, 0.4) is 0 Å². The van der Waals surface area contributed by atoms with Crippen molar-refractivity contribution < 1.29 is 14.6 Å². The van der Waals surface area contributed by atoms with Gasteiger partial charge in [0.1, 0.15) is 12.6 Å². The van der Waals surface area contributed by atoms with Gasteiger partial charge in [0.15, 0.2) is 0 Å². The van der Waals surface area contributed by atoms with Crippen molar-refractivity contribution in [2.75, 3.05) is 19.8 Å². The summed E-state index contributed by atoms with van der Waals surface area (Å²) in [6, 6.07) is 9.93. The van der Waals surface area contributed by atoms with Crippen molar-refractivity contribution in [2.24, 2.45) is 4.99 Å². The largest absolute Gasteiger partial charge is 0.475 e. The Morgan fingerprint density at radius 1 is 1.44 bits per heavy atom. The maximum absolute atomic E-state index is 9.10. The molecule has 4 nitrogen and oxygen atoms in total. The average Bonchev–Trinajstić information content (AvgIpc) is 2.84. The van der Waals surface area contributed by atoms with Crippen molar-refractivity contribution in [3.63, 3.8) is 0 Å². The van der Waals surface area contributed by atoms with Gasteiger partial charge in [0.05, 0.1) is 12.7 Å². The number of aliphatic hydroxyl groups is 1. The molecule has 0 saturated carbocycles. The summed E-state index contributed by atoms with van der Waals surface area (Å²) < 4.78 is 11.0. The van der Waals surface area contributed by atoms with Crippen LogP contribution in [0, 0.1) is 0 Å². The molecule has 98 valence electrons. The van der Waals surface area contributed by atoms with E-state index in [1.165, 1.54) is 0 Å². The van der Waals surface area contributed by atoms with Crippen LogP contribution < -0.4 is 0 Å². The molecule has 0 bridgehead atoms. The molecule has 4 heteroatoms. The van der Waals surface area contributed by atoms with Crippen LogP contribution in [0.4, 0.5) is 0 Å². The quantitative estimate of drug-likeness (QED) is 0.779. The number of hydrogen-bond acceptors (Lipinski definition) is 4. The summed E-state index contributed by atoms with van der Waals surface area (Å²) in [6.45, 7) is 3.43. The first-order valence-electron chi connectivity index (χ1n) is 6.27. The third kappa shape index (κ3) is 3.82. The molecule has 1 aromatic carbocycles. The molecular weight excluding hydrogens is 230 g/mol. The van der Waals surface area contributed by atoms with Crippen LogP contribution in [0.2, 0.25) is 0 Å². The molecule has 0 amide bonds. The minimum absolute atomic E-state index is 0.0641. The van der Waals surface area contributed by atoms with Gasteiger partial charge < -0.3 is 14.6 Å². The van der Waals surface area contributed by atoms with E-state index in [0.29, 0.717) is 32.1 Å². The minimum atomic E-state index is -0.312. The van der Waals surface area contributed by atoms with Gasteiger partial charge in [-0.3, -0.25) is 0 Å². The van der Waals surface area contributed by atoms with Crippen molar-refractivity contribution in [1.29, 1.82) is 0 Å². The second kappa shape index (κ2) is 6.52. The Morgan fingerprint density at radius 2 is 2.22 bits per heavy atom. The monoisotopic (exact) mass is 249 g/mol. The number of ether oxygens (including phenoxy) is 2. The molecule has 0 unspecified atom stereocenters. The molecule has 0 aliphatic carbocycles. The molecule has 0 fully saturated rings. The summed E-state index contributed by atoms with van der Waals surface area (Å²) in [5.41, 5.74) is 1.00. The van der Waals surface area contributed by atoms with Gasteiger partial charge in [-0.15, -0.1) is 0 Å². The van der Waals surface area contributed by atoms with Gasteiger partial charge in [0.2, 0.25) is 5.90 Å². The van der Waals surface area contributed by atoms with E-state index in [1.54, 1.807) is 6.92 Å². The highest BCUT2D eigenvalue weighted by Crippen LogP contribution is 2.12. The molecule has 1 aromatic rings. The summed E-state index contributed by atoms with van der Waals surface area (Å²) in [5, 5.41) is 9.10. The molecule has 18 heavy (non-hydrogen) atoms. The van der Waals surface area contributed by atoms with E-state index in [4.69, 9.17) is 14.6 Å². The van der Waals surface area contributed by atoms with Crippen LogP contribution in [0.5, 0.6) is 0 Å². The van der Waals surface area contributed by atoms with E-state index < -0.39 is 0 Å². The number of aliphatic hydroxyl groups excluding tert-OH is 1. The maximum atomic E-state index is 9.10. The molecular formula is C14H19NO3. The first kappa shape index (κ1) is 13.1. The number of benzene rings is 1. The first-order chi connectivity index (χ1) is 8.75. The highest BCUT2D eigenvalue weighted by Gasteiger charge is 2.19. The van der Waals surface area contributed by atoms with Crippen molar-refractivity contribution in [3.05, 3.63) is 35.9 Å². The second-order valence-corrected chi connectivity index (χ2v) is 4.48. The Balaban J connectivity index is 1.78. The standard InChI is InChI=1S/C14H19NO3/c1-11(16)7-8-17-9-13-10-18-14(15-13)12-5-3-2-4-6-12/h2-6,11,13,16H,7-10H2,1H3/t11-,13-/m1/s1. The van der Waals surface area contributed by atoms with Crippen LogP contribution >= 0.6 is 0 Å². The Morgan fingerprint density at radius 3 is 2.94 bits per heavy atom. The lowest BCUT2D eigenvalue weighted by atomic mass is 10.2. The van der Waals surface area contributed by atoms with Crippen LogP contribution in [-0.4, -0.2) is 43.0 Å². The van der Waals surface area contributed by atoms with Gasteiger partial charge in [-0.25, -0.2) is 4.99 Å². The number of rotatable bonds is 6. The number of nitrogens with zero attached hydrogens (tertiary/aromatic N) is 1. The van der Waals surface area contributed by atoms with Crippen LogP contribution in [-0.2, 0) is 9.47 Å². The van der Waals surface area contributed by atoms with E-state index in [-0.39, 0.29) is 12.1 Å². The molecule has 0 radical (unpaired) electrons. The maximum Gasteiger partial charge on any atom is 0.216 e. The average molecular weight is 249 g/mol. The van der Waals surface area contributed by atoms with Gasteiger partial charge in [0.25, 0.3) is 0 Å². The minimum Gasteiger partial charge on any atom is -0.475 e. The molecule has 1 N–H and O–H groups in total. The highest BCUT2D eigenvalue weighted by atomic mass is 16.5. The highest BCUT2D eigenvalue weighted by molar-refractivity contribution is 5.95. The van der Waals surface area contributed by atoms with E-state index in [1.807, 2.05) is 30.3 Å². The summed E-state index contributed by atoms with van der Waals surface area (Å²) >= 11 is 0. The zero-order valence-electron chi connectivity index (χ0n) is 10.6. The zero-order valence-corrected chi connectivity index (χ0v) is 10.6. The predicted molar refractivity (Wildman–Crippen MR) is 69.8 cm³/mol. The Bertz CT molecular complexity index is 389. The van der Waals surface area contributed by atoms with Gasteiger partial charge in [-0.05, 0) is 25.5 Å². The summed E-state index contributed by atoms with van der Waals surface area (Å²) in [7, 11) is 0. The lowest BCUT2D eigenvalue weighted by Gasteiger charge is -2.07. The van der Waals surface area contributed by atoms with E-state index >= 15 is 0 Å². The summed E-state index contributed by atoms with van der Waals surface area (Å²) in [5.74, 6) is 0.694. The predicted octanol–water partition coefficient (Wildman–Crippen LogP) is 1.62. The molecule has 1 heterocycles. The van der Waals surface area contributed by atoms with E-state index in [9.17, 15) is 0 Å².